The Labute approximate surface area is 81.6 Å². The smallest absolute Gasteiger partial charge is 0.273 e. The van der Waals surface area contributed by atoms with Gasteiger partial charge in [-0.15, -0.1) is 0 Å². The molecule has 0 unspecified atom stereocenters. The zero-order valence-electron chi connectivity index (χ0n) is 8.38. The van der Waals surface area contributed by atoms with E-state index >= 15 is 0 Å². The van der Waals surface area contributed by atoms with Gasteiger partial charge in [-0.1, -0.05) is 0 Å². The molecule has 14 heavy (non-hydrogen) atoms. The minimum atomic E-state index is -2.88. The molecule has 0 aliphatic carbocycles. The topological polar surface area (TPSA) is 37.8 Å². The highest BCUT2D eigenvalue weighted by atomic mass is 19.3. The van der Waals surface area contributed by atoms with Crippen molar-refractivity contribution in [3.63, 3.8) is 0 Å². The highest BCUT2D eigenvalue weighted by molar-refractivity contribution is 5.26. The van der Waals surface area contributed by atoms with Crippen LogP contribution < -0.4 is 5.32 Å². The molecule has 0 aliphatic rings. The molecule has 1 aromatic rings. The molecular weight excluding hydrogens is 188 g/mol. The minimum Gasteiger partial charge on any atom is -0.352 e. The molecule has 0 radical (unpaired) electrons. The fraction of sp³-hybridized carbons (Fsp3) is 0.556. The lowest BCUT2D eigenvalue weighted by Crippen LogP contribution is -2.14. The van der Waals surface area contributed by atoms with Crippen LogP contribution in [0.25, 0.3) is 0 Å². The molecule has 78 valence electrons. The summed E-state index contributed by atoms with van der Waals surface area (Å²) in [6, 6.07) is 0.183. The first-order valence-electron chi connectivity index (χ1n) is 4.36. The Bertz CT molecular complexity index is 290. The third-order valence-electron chi connectivity index (χ3n) is 1.58. The van der Waals surface area contributed by atoms with Crippen LogP contribution in [0.3, 0.4) is 0 Å². The number of nitrogens with zero attached hydrogens (tertiary/aromatic N) is 2. The maximum atomic E-state index is 12.7. The monoisotopic (exact) mass is 201 g/mol. The number of anilines is 1. The molecule has 1 aromatic heterocycles. The van der Waals surface area contributed by atoms with Gasteiger partial charge in [-0.3, -0.25) is 0 Å². The predicted molar refractivity (Wildman–Crippen MR) is 50.4 cm³/mol. The van der Waals surface area contributed by atoms with E-state index in [1.165, 1.54) is 0 Å². The number of hydrogen-bond donors (Lipinski definition) is 1. The van der Waals surface area contributed by atoms with Gasteiger partial charge in [0.2, 0.25) is 5.95 Å². The van der Waals surface area contributed by atoms with Crippen LogP contribution in [0, 0.1) is 0 Å². The first-order valence-corrected chi connectivity index (χ1v) is 4.36. The van der Waals surface area contributed by atoms with Crippen molar-refractivity contribution < 1.29 is 8.78 Å². The molecule has 1 heterocycles. The van der Waals surface area contributed by atoms with E-state index in [9.17, 15) is 8.78 Å². The molecule has 1 N–H and O–H groups in total. The summed E-state index contributed by atoms with van der Waals surface area (Å²) in [5.41, 5.74) is -0.174. The van der Waals surface area contributed by atoms with Crippen LogP contribution in [-0.4, -0.2) is 16.0 Å². The summed E-state index contributed by atoms with van der Waals surface area (Å²) in [7, 11) is 0. The van der Waals surface area contributed by atoms with E-state index < -0.39 is 5.92 Å². The number of aromatic nitrogens is 2. The van der Waals surface area contributed by atoms with E-state index in [2.05, 4.69) is 15.3 Å². The molecule has 1 rings (SSSR count). The molecule has 0 amide bonds. The Morgan fingerprint density at radius 3 is 2.14 bits per heavy atom. The van der Waals surface area contributed by atoms with Crippen molar-refractivity contribution in [2.45, 2.75) is 32.7 Å². The van der Waals surface area contributed by atoms with Crippen molar-refractivity contribution in [2.75, 3.05) is 5.32 Å². The molecule has 5 heteroatoms. The van der Waals surface area contributed by atoms with Crippen molar-refractivity contribution in [1.82, 2.24) is 9.97 Å². The first kappa shape index (κ1) is 10.8. The summed E-state index contributed by atoms with van der Waals surface area (Å²) in [6.07, 6.45) is 2.27. The molecular formula is C9H13F2N3. The molecule has 0 saturated carbocycles. The summed E-state index contributed by atoms with van der Waals surface area (Å²) in [5, 5.41) is 2.92. The summed E-state index contributed by atoms with van der Waals surface area (Å²) in [5.74, 6) is -2.51. The highest BCUT2D eigenvalue weighted by Crippen LogP contribution is 2.25. The zero-order valence-corrected chi connectivity index (χ0v) is 8.38. The van der Waals surface area contributed by atoms with Crippen LogP contribution in [0.2, 0.25) is 0 Å². The lowest BCUT2D eigenvalue weighted by atomic mass is 10.2. The van der Waals surface area contributed by atoms with E-state index in [0.29, 0.717) is 5.95 Å². The van der Waals surface area contributed by atoms with Crippen LogP contribution in [0.1, 0.15) is 26.3 Å². The van der Waals surface area contributed by atoms with E-state index in [1.54, 1.807) is 0 Å². The average Bonchev–Trinajstić information content (AvgIpc) is 2.02. The number of rotatable bonds is 3. The molecule has 0 aliphatic heterocycles. The first-order chi connectivity index (χ1) is 6.39. The Kier molecular flexibility index (Phi) is 2.98. The average molecular weight is 201 g/mol. The summed E-state index contributed by atoms with van der Waals surface area (Å²) in [6.45, 7) is 4.67. The van der Waals surface area contributed by atoms with Gasteiger partial charge in [0.25, 0.3) is 5.92 Å². The SMILES string of the molecule is CC(C)Nc1ncc(C(C)(F)F)cn1. The summed E-state index contributed by atoms with van der Waals surface area (Å²) < 4.78 is 25.5. The van der Waals surface area contributed by atoms with Gasteiger partial charge in [-0.05, 0) is 13.8 Å². The summed E-state index contributed by atoms with van der Waals surface area (Å²) >= 11 is 0. The van der Waals surface area contributed by atoms with Gasteiger partial charge >= 0.3 is 0 Å². The van der Waals surface area contributed by atoms with Crippen LogP contribution in [0.4, 0.5) is 14.7 Å². The second-order valence-corrected chi connectivity index (χ2v) is 3.48. The number of alkyl halides is 2. The molecule has 0 saturated heterocycles. The quantitative estimate of drug-likeness (QED) is 0.816. The Balaban J connectivity index is 2.79. The van der Waals surface area contributed by atoms with Gasteiger partial charge in [0.05, 0.1) is 5.56 Å². The van der Waals surface area contributed by atoms with E-state index in [0.717, 1.165) is 19.3 Å². The predicted octanol–water partition coefficient (Wildman–Crippen LogP) is 2.41. The van der Waals surface area contributed by atoms with Gasteiger partial charge in [-0.25, -0.2) is 18.7 Å². The molecule has 0 bridgehead atoms. The number of halogens is 2. The normalized spacial score (nSPS) is 11.9. The van der Waals surface area contributed by atoms with Gasteiger partial charge in [0.1, 0.15) is 0 Å². The van der Waals surface area contributed by atoms with Crippen molar-refractivity contribution >= 4 is 5.95 Å². The molecule has 0 aromatic carbocycles. The van der Waals surface area contributed by atoms with E-state index in [1.807, 2.05) is 13.8 Å². The van der Waals surface area contributed by atoms with Crippen LogP contribution in [0.5, 0.6) is 0 Å². The standard InChI is InChI=1S/C9H13F2N3/c1-6(2)14-8-12-4-7(5-13-8)9(3,10)11/h4-6H,1-3H3,(H,12,13,14). The summed E-state index contributed by atoms with van der Waals surface area (Å²) in [4.78, 5) is 7.57. The lowest BCUT2D eigenvalue weighted by Gasteiger charge is -2.11. The number of hydrogen-bond acceptors (Lipinski definition) is 3. The maximum absolute atomic E-state index is 12.7. The second-order valence-electron chi connectivity index (χ2n) is 3.48. The van der Waals surface area contributed by atoms with Crippen molar-refractivity contribution in [2.24, 2.45) is 0 Å². The Morgan fingerprint density at radius 1 is 1.29 bits per heavy atom. The highest BCUT2D eigenvalue weighted by Gasteiger charge is 2.24. The van der Waals surface area contributed by atoms with Crippen LogP contribution >= 0.6 is 0 Å². The van der Waals surface area contributed by atoms with Gasteiger partial charge in [0.15, 0.2) is 0 Å². The molecule has 0 spiro atoms. The van der Waals surface area contributed by atoms with Gasteiger partial charge < -0.3 is 5.32 Å². The third-order valence-corrected chi connectivity index (χ3v) is 1.58. The van der Waals surface area contributed by atoms with Crippen molar-refractivity contribution in [3.8, 4) is 0 Å². The minimum absolute atomic E-state index is 0.174. The fourth-order valence-electron chi connectivity index (χ4n) is 0.887. The second kappa shape index (κ2) is 3.86. The van der Waals surface area contributed by atoms with E-state index in [4.69, 9.17) is 0 Å². The van der Waals surface area contributed by atoms with Gasteiger partial charge in [0, 0.05) is 25.4 Å². The Morgan fingerprint density at radius 2 is 1.79 bits per heavy atom. The lowest BCUT2D eigenvalue weighted by molar-refractivity contribution is 0.0168. The number of nitrogens with one attached hydrogen (secondary N) is 1. The van der Waals surface area contributed by atoms with E-state index in [-0.39, 0.29) is 11.6 Å². The van der Waals surface area contributed by atoms with Crippen LogP contribution in [0.15, 0.2) is 12.4 Å². The largest absolute Gasteiger partial charge is 0.352 e. The third kappa shape index (κ3) is 2.90. The van der Waals surface area contributed by atoms with Gasteiger partial charge in [-0.2, -0.15) is 0 Å². The maximum Gasteiger partial charge on any atom is 0.273 e. The van der Waals surface area contributed by atoms with Crippen LogP contribution in [-0.2, 0) is 5.92 Å². The van der Waals surface area contributed by atoms with Crippen molar-refractivity contribution in [3.05, 3.63) is 18.0 Å². The molecule has 0 atom stereocenters. The fourth-order valence-corrected chi connectivity index (χ4v) is 0.887. The molecule has 3 nitrogen and oxygen atoms in total. The Hall–Kier alpha value is -1.26. The molecule has 0 fully saturated rings. The zero-order chi connectivity index (χ0) is 10.8. The van der Waals surface area contributed by atoms with Crippen molar-refractivity contribution in [1.29, 1.82) is 0 Å².